The SMILES string of the molecule is C=CC(=O)N1CC(N(C)c2ncnc3[nH]nc(C#Cc4cc(OC)cc(OC)c4)c23)C1. The Balaban J connectivity index is 1.65. The van der Waals surface area contributed by atoms with E-state index in [1.54, 1.807) is 25.2 Å². The third kappa shape index (κ3) is 3.88. The number of aromatic amines is 1. The van der Waals surface area contributed by atoms with Gasteiger partial charge in [-0.05, 0) is 24.1 Å². The number of benzene rings is 1. The highest BCUT2D eigenvalue weighted by Crippen LogP contribution is 2.28. The van der Waals surface area contributed by atoms with E-state index in [9.17, 15) is 4.79 Å². The van der Waals surface area contributed by atoms with E-state index in [1.807, 2.05) is 24.1 Å². The van der Waals surface area contributed by atoms with Crippen molar-refractivity contribution in [1.29, 1.82) is 0 Å². The van der Waals surface area contributed by atoms with Crippen LogP contribution in [0.5, 0.6) is 11.5 Å². The summed E-state index contributed by atoms with van der Waals surface area (Å²) in [5.41, 5.74) is 1.87. The van der Waals surface area contributed by atoms with E-state index >= 15 is 0 Å². The Hall–Kier alpha value is -4.06. The second-order valence-electron chi connectivity index (χ2n) is 7.06. The maximum atomic E-state index is 11.7. The molecule has 1 aliphatic rings. The van der Waals surface area contributed by atoms with Crippen LogP contribution in [0.15, 0.2) is 37.2 Å². The molecule has 158 valence electrons. The minimum absolute atomic E-state index is 0.0685. The summed E-state index contributed by atoms with van der Waals surface area (Å²) >= 11 is 0. The minimum Gasteiger partial charge on any atom is -0.497 e. The average Bonchev–Trinajstić information content (AvgIpc) is 3.19. The molecule has 9 heteroatoms. The smallest absolute Gasteiger partial charge is 0.246 e. The van der Waals surface area contributed by atoms with Gasteiger partial charge >= 0.3 is 0 Å². The zero-order valence-corrected chi connectivity index (χ0v) is 17.5. The van der Waals surface area contributed by atoms with Gasteiger partial charge in [0.15, 0.2) is 5.65 Å². The van der Waals surface area contributed by atoms with Crippen molar-refractivity contribution in [3.8, 4) is 23.3 Å². The number of carbonyl (C=O) groups is 1. The van der Waals surface area contributed by atoms with Crippen molar-refractivity contribution in [1.82, 2.24) is 25.1 Å². The Labute approximate surface area is 179 Å². The van der Waals surface area contributed by atoms with Crippen LogP contribution in [0.4, 0.5) is 5.82 Å². The van der Waals surface area contributed by atoms with Gasteiger partial charge in [-0.1, -0.05) is 12.5 Å². The molecule has 0 aliphatic carbocycles. The fourth-order valence-electron chi connectivity index (χ4n) is 3.39. The van der Waals surface area contributed by atoms with Crippen LogP contribution in [0.3, 0.4) is 0 Å². The first kappa shape index (κ1) is 20.2. The van der Waals surface area contributed by atoms with E-state index < -0.39 is 0 Å². The Morgan fingerprint density at radius 2 is 1.94 bits per heavy atom. The summed E-state index contributed by atoms with van der Waals surface area (Å²) in [6.07, 6.45) is 2.82. The summed E-state index contributed by atoms with van der Waals surface area (Å²) in [5, 5.41) is 7.99. The number of fused-ring (bicyclic) bond motifs is 1. The lowest BCUT2D eigenvalue weighted by Crippen LogP contribution is -2.60. The molecule has 1 fully saturated rings. The van der Waals surface area contributed by atoms with Gasteiger partial charge in [-0.15, -0.1) is 0 Å². The molecule has 3 heterocycles. The Kier molecular flexibility index (Phi) is 5.45. The number of carbonyl (C=O) groups excluding carboxylic acids is 1. The first-order chi connectivity index (χ1) is 15.0. The first-order valence-corrected chi connectivity index (χ1v) is 9.62. The normalized spacial score (nSPS) is 13.2. The van der Waals surface area contributed by atoms with Gasteiger partial charge in [-0.2, -0.15) is 5.10 Å². The van der Waals surface area contributed by atoms with Gasteiger partial charge in [0.1, 0.15) is 29.3 Å². The molecular weight excluding hydrogens is 396 g/mol. The lowest BCUT2D eigenvalue weighted by molar-refractivity contribution is -0.130. The molecule has 9 nitrogen and oxygen atoms in total. The summed E-state index contributed by atoms with van der Waals surface area (Å²) in [4.78, 5) is 24.3. The third-order valence-corrected chi connectivity index (χ3v) is 5.24. The molecule has 1 amide bonds. The molecule has 1 aromatic carbocycles. The molecule has 0 bridgehead atoms. The van der Waals surface area contributed by atoms with Gasteiger partial charge in [0.2, 0.25) is 5.91 Å². The number of anilines is 1. The Morgan fingerprint density at radius 3 is 2.58 bits per heavy atom. The highest BCUT2D eigenvalue weighted by atomic mass is 16.5. The number of likely N-dealkylation sites (N-methyl/N-ethyl adjacent to an activating group) is 1. The maximum absolute atomic E-state index is 11.7. The summed E-state index contributed by atoms with van der Waals surface area (Å²) in [7, 11) is 5.13. The van der Waals surface area contributed by atoms with Crippen molar-refractivity contribution in [2.45, 2.75) is 6.04 Å². The molecule has 4 rings (SSSR count). The van der Waals surface area contributed by atoms with E-state index in [0.717, 1.165) is 10.9 Å². The van der Waals surface area contributed by atoms with Crippen molar-refractivity contribution in [3.63, 3.8) is 0 Å². The van der Waals surface area contributed by atoms with Crippen molar-refractivity contribution in [3.05, 3.63) is 48.4 Å². The molecule has 0 atom stereocenters. The van der Waals surface area contributed by atoms with Gasteiger partial charge < -0.3 is 19.3 Å². The largest absolute Gasteiger partial charge is 0.497 e. The van der Waals surface area contributed by atoms with Crippen LogP contribution in [0.2, 0.25) is 0 Å². The van der Waals surface area contributed by atoms with Gasteiger partial charge in [0.05, 0.1) is 25.6 Å². The number of aromatic nitrogens is 4. The van der Waals surface area contributed by atoms with E-state index in [4.69, 9.17) is 9.47 Å². The molecule has 1 aliphatic heterocycles. The standard InChI is InChI=1S/C22H22N6O3/c1-5-19(29)28-11-15(12-28)27(2)22-20-18(25-26-21(20)23-13-24-22)7-6-14-8-16(30-3)10-17(9-14)31-4/h5,8-10,13,15H,1,11-12H2,2-4H3,(H,23,24,25,26). The molecule has 0 saturated carbocycles. The number of amides is 1. The number of H-pyrrole nitrogens is 1. The fraction of sp³-hybridized carbons (Fsp3) is 0.273. The average molecular weight is 418 g/mol. The van der Waals surface area contributed by atoms with E-state index in [-0.39, 0.29) is 11.9 Å². The van der Waals surface area contributed by atoms with Crippen LogP contribution in [0, 0.1) is 11.8 Å². The predicted molar refractivity (Wildman–Crippen MR) is 116 cm³/mol. The number of hydrogen-bond donors (Lipinski definition) is 1. The van der Waals surface area contributed by atoms with E-state index in [0.29, 0.717) is 41.7 Å². The number of hydrogen-bond acceptors (Lipinski definition) is 7. The summed E-state index contributed by atoms with van der Waals surface area (Å²) in [6.45, 7) is 4.75. The minimum atomic E-state index is -0.0685. The highest BCUT2D eigenvalue weighted by molar-refractivity contribution is 5.92. The number of nitrogens with zero attached hydrogens (tertiary/aromatic N) is 5. The second kappa shape index (κ2) is 8.36. The van der Waals surface area contributed by atoms with Gasteiger partial charge in [-0.25, -0.2) is 9.97 Å². The number of likely N-dealkylation sites (tertiary alicyclic amines) is 1. The van der Waals surface area contributed by atoms with Crippen LogP contribution in [-0.2, 0) is 4.79 Å². The summed E-state index contributed by atoms with van der Waals surface area (Å²) < 4.78 is 10.6. The van der Waals surface area contributed by atoms with Crippen molar-refractivity contribution >= 4 is 22.8 Å². The van der Waals surface area contributed by atoms with Crippen molar-refractivity contribution < 1.29 is 14.3 Å². The third-order valence-electron chi connectivity index (χ3n) is 5.24. The fourth-order valence-corrected chi connectivity index (χ4v) is 3.39. The molecular formula is C22H22N6O3. The van der Waals surface area contributed by atoms with E-state index in [1.165, 1.54) is 12.4 Å². The van der Waals surface area contributed by atoms with Crippen LogP contribution in [0.25, 0.3) is 11.0 Å². The topological polar surface area (TPSA) is 96.5 Å². The van der Waals surface area contributed by atoms with Gasteiger partial charge in [-0.3, -0.25) is 9.89 Å². The number of ether oxygens (including phenoxy) is 2. The molecule has 0 unspecified atom stereocenters. The molecule has 31 heavy (non-hydrogen) atoms. The van der Waals surface area contributed by atoms with E-state index in [2.05, 4.69) is 38.6 Å². The maximum Gasteiger partial charge on any atom is 0.246 e. The summed E-state index contributed by atoms with van der Waals surface area (Å²) in [6, 6.07) is 5.58. The zero-order chi connectivity index (χ0) is 22.0. The predicted octanol–water partition coefficient (Wildman–Crippen LogP) is 1.60. The lowest BCUT2D eigenvalue weighted by Gasteiger charge is -2.44. The number of methoxy groups -OCH3 is 2. The molecule has 1 N–H and O–H groups in total. The molecule has 3 aromatic rings. The quantitative estimate of drug-likeness (QED) is 0.497. The number of rotatable bonds is 5. The molecule has 1 saturated heterocycles. The Morgan fingerprint density at radius 1 is 1.23 bits per heavy atom. The first-order valence-electron chi connectivity index (χ1n) is 9.62. The van der Waals surface area contributed by atoms with Gasteiger partial charge in [0, 0.05) is 31.8 Å². The summed E-state index contributed by atoms with van der Waals surface area (Å²) in [5.74, 6) is 8.17. The van der Waals surface area contributed by atoms with Crippen LogP contribution in [0.1, 0.15) is 11.3 Å². The molecule has 0 radical (unpaired) electrons. The molecule has 0 spiro atoms. The second-order valence-corrected chi connectivity index (χ2v) is 7.06. The zero-order valence-electron chi connectivity index (χ0n) is 17.5. The lowest BCUT2D eigenvalue weighted by atomic mass is 10.1. The highest BCUT2D eigenvalue weighted by Gasteiger charge is 2.34. The monoisotopic (exact) mass is 418 g/mol. The van der Waals surface area contributed by atoms with Crippen LogP contribution >= 0.6 is 0 Å². The van der Waals surface area contributed by atoms with Crippen molar-refractivity contribution in [2.75, 3.05) is 39.3 Å². The Bertz CT molecular complexity index is 1180. The van der Waals surface area contributed by atoms with Gasteiger partial charge in [0.25, 0.3) is 0 Å². The van der Waals surface area contributed by atoms with Crippen LogP contribution < -0.4 is 14.4 Å². The van der Waals surface area contributed by atoms with Crippen molar-refractivity contribution in [2.24, 2.45) is 0 Å². The van der Waals surface area contributed by atoms with Crippen LogP contribution in [-0.4, -0.2) is 71.4 Å². The number of nitrogens with one attached hydrogen (secondary N) is 1. The molecule has 2 aromatic heterocycles.